The molecule has 8 heteroatoms. The highest BCUT2D eigenvalue weighted by Crippen LogP contribution is 2.38. The van der Waals surface area contributed by atoms with E-state index in [9.17, 15) is 9.59 Å². The van der Waals surface area contributed by atoms with E-state index in [4.69, 9.17) is 14.2 Å². The van der Waals surface area contributed by atoms with Gasteiger partial charge in [0, 0.05) is 37.2 Å². The van der Waals surface area contributed by atoms with E-state index in [-0.39, 0.29) is 6.10 Å². The van der Waals surface area contributed by atoms with Crippen molar-refractivity contribution in [3.8, 4) is 0 Å². The van der Waals surface area contributed by atoms with E-state index in [2.05, 4.69) is 15.2 Å². The highest BCUT2D eigenvalue weighted by Gasteiger charge is 2.39. The Morgan fingerprint density at radius 3 is 2.47 bits per heavy atom. The molecular formula is C22H29N3O5. The Kier molecular flexibility index (Phi) is 7.23. The molecule has 1 saturated heterocycles. The van der Waals surface area contributed by atoms with Gasteiger partial charge >= 0.3 is 11.9 Å². The fraction of sp³-hybridized carbons (Fsp3) is 0.500. The first-order chi connectivity index (χ1) is 14.4. The SMILES string of the molecule is COC(=O)C1=C(C)NC(C)=C(C(=O)OC(C)CN2CCOCC2)C1c1ccccn1. The number of morpholine rings is 1. The number of hydrogen-bond acceptors (Lipinski definition) is 8. The first-order valence-corrected chi connectivity index (χ1v) is 10.1. The van der Waals surface area contributed by atoms with Gasteiger partial charge in [0.2, 0.25) is 0 Å². The lowest BCUT2D eigenvalue weighted by atomic mass is 9.82. The average molecular weight is 415 g/mol. The normalized spacial score (nSPS) is 21.1. The molecule has 2 unspecified atom stereocenters. The maximum atomic E-state index is 13.2. The van der Waals surface area contributed by atoms with Crippen LogP contribution in [0.4, 0.5) is 0 Å². The number of rotatable bonds is 6. The van der Waals surface area contributed by atoms with Crippen molar-refractivity contribution in [2.75, 3.05) is 40.0 Å². The molecule has 0 amide bonds. The lowest BCUT2D eigenvalue weighted by Gasteiger charge is -2.31. The van der Waals surface area contributed by atoms with Crippen LogP contribution < -0.4 is 5.32 Å². The zero-order valence-corrected chi connectivity index (χ0v) is 17.9. The maximum Gasteiger partial charge on any atom is 0.337 e. The Balaban J connectivity index is 1.87. The summed E-state index contributed by atoms with van der Waals surface area (Å²) in [5.74, 6) is -1.64. The second-order valence-electron chi connectivity index (χ2n) is 7.51. The van der Waals surface area contributed by atoms with Crippen molar-refractivity contribution in [1.29, 1.82) is 0 Å². The summed E-state index contributed by atoms with van der Waals surface area (Å²) in [6.45, 7) is 9.09. The van der Waals surface area contributed by atoms with Gasteiger partial charge in [0.1, 0.15) is 6.10 Å². The van der Waals surface area contributed by atoms with E-state index < -0.39 is 17.9 Å². The molecule has 1 aromatic heterocycles. The minimum atomic E-state index is -0.664. The number of nitrogens with one attached hydrogen (secondary N) is 1. The first kappa shape index (κ1) is 22.0. The van der Waals surface area contributed by atoms with Crippen LogP contribution in [0.1, 0.15) is 32.4 Å². The summed E-state index contributed by atoms with van der Waals surface area (Å²) in [5, 5.41) is 3.13. The van der Waals surface area contributed by atoms with Crippen molar-refractivity contribution >= 4 is 11.9 Å². The first-order valence-electron chi connectivity index (χ1n) is 10.1. The third kappa shape index (κ3) is 4.88. The molecule has 3 heterocycles. The van der Waals surface area contributed by atoms with Gasteiger partial charge in [0.05, 0.1) is 43.1 Å². The predicted octanol–water partition coefficient (Wildman–Crippen LogP) is 1.75. The molecule has 30 heavy (non-hydrogen) atoms. The van der Waals surface area contributed by atoms with E-state index in [0.29, 0.717) is 48.0 Å². The number of pyridine rings is 1. The number of carbonyl (C=O) groups excluding carboxylic acids is 2. The molecule has 0 aromatic carbocycles. The molecule has 0 aliphatic carbocycles. The minimum Gasteiger partial charge on any atom is -0.466 e. The fourth-order valence-corrected chi connectivity index (χ4v) is 3.92. The molecule has 162 valence electrons. The number of methoxy groups -OCH3 is 1. The molecule has 0 saturated carbocycles. The van der Waals surface area contributed by atoms with Crippen molar-refractivity contribution in [3.63, 3.8) is 0 Å². The Labute approximate surface area is 176 Å². The highest BCUT2D eigenvalue weighted by atomic mass is 16.5. The van der Waals surface area contributed by atoms with E-state index in [1.807, 2.05) is 13.0 Å². The van der Waals surface area contributed by atoms with Crippen molar-refractivity contribution in [2.24, 2.45) is 0 Å². The van der Waals surface area contributed by atoms with E-state index >= 15 is 0 Å². The summed E-state index contributed by atoms with van der Waals surface area (Å²) in [4.78, 5) is 32.4. The Hall–Kier alpha value is -2.71. The van der Waals surface area contributed by atoms with Gasteiger partial charge < -0.3 is 19.5 Å². The topological polar surface area (TPSA) is 90.0 Å². The Bertz CT molecular complexity index is 844. The van der Waals surface area contributed by atoms with Crippen molar-refractivity contribution in [1.82, 2.24) is 15.2 Å². The standard InChI is InChI=1S/C22H29N3O5/c1-14(13-25-9-11-29-12-10-25)30-22(27)19-16(3)24-15(2)18(21(26)28-4)20(19)17-7-5-6-8-23-17/h5-8,14,20,24H,9-13H2,1-4H3. The second kappa shape index (κ2) is 9.86. The van der Waals surface area contributed by atoms with E-state index in [0.717, 1.165) is 13.1 Å². The smallest absolute Gasteiger partial charge is 0.337 e. The second-order valence-corrected chi connectivity index (χ2v) is 7.51. The number of hydrogen-bond donors (Lipinski definition) is 1. The maximum absolute atomic E-state index is 13.2. The van der Waals surface area contributed by atoms with Gasteiger partial charge in [-0.3, -0.25) is 9.88 Å². The van der Waals surface area contributed by atoms with Crippen LogP contribution >= 0.6 is 0 Å². The number of ether oxygens (including phenoxy) is 3. The number of aromatic nitrogens is 1. The molecular weight excluding hydrogens is 386 g/mol. The summed E-state index contributed by atoms with van der Waals surface area (Å²) in [6, 6.07) is 5.41. The number of nitrogens with zero attached hydrogens (tertiary/aromatic N) is 2. The summed E-state index contributed by atoms with van der Waals surface area (Å²) < 4.78 is 16.2. The number of carbonyl (C=O) groups is 2. The number of allylic oxidation sites excluding steroid dienone is 2. The molecule has 1 aromatic rings. The van der Waals surface area contributed by atoms with Gasteiger partial charge in [-0.1, -0.05) is 6.07 Å². The monoisotopic (exact) mass is 415 g/mol. The zero-order chi connectivity index (χ0) is 21.7. The van der Waals surface area contributed by atoms with Gasteiger partial charge in [-0.2, -0.15) is 0 Å². The summed E-state index contributed by atoms with van der Waals surface area (Å²) >= 11 is 0. The summed E-state index contributed by atoms with van der Waals surface area (Å²) in [6.07, 6.45) is 1.33. The van der Waals surface area contributed by atoms with Crippen LogP contribution in [0.25, 0.3) is 0 Å². The largest absolute Gasteiger partial charge is 0.466 e. The van der Waals surface area contributed by atoms with Crippen molar-refractivity contribution in [2.45, 2.75) is 32.8 Å². The highest BCUT2D eigenvalue weighted by molar-refractivity contribution is 5.99. The molecule has 0 radical (unpaired) electrons. The quantitative estimate of drug-likeness (QED) is 0.703. The van der Waals surface area contributed by atoms with Gasteiger partial charge in [-0.25, -0.2) is 9.59 Å². The van der Waals surface area contributed by atoms with Gasteiger partial charge in [0.25, 0.3) is 0 Å². The predicted molar refractivity (Wildman–Crippen MR) is 110 cm³/mol. The Morgan fingerprint density at radius 1 is 1.20 bits per heavy atom. The molecule has 2 aliphatic rings. The molecule has 1 N–H and O–H groups in total. The van der Waals surface area contributed by atoms with Crippen molar-refractivity contribution in [3.05, 3.63) is 52.6 Å². The van der Waals surface area contributed by atoms with Crippen LogP contribution in [0.3, 0.4) is 0 Å². The molecule has 3 rings (SSSR count). The molecule has 0 bridgehead atoms. The number of dihydropyridines is 1. The molecule has 0 spiro atoms. The average Bonchev–Trinajstić information content (AvgIpc) is 2.73. The van der Waals surface area contributed by atoms with Crippen LogP contribution in [-0.4, -0.2) is 67.9 Å². The third-order valence-corrected chi connectivity index (χ3v) is 5.30. The lowest BCUT2D eigenvalue weighted by molar-refractivity contribution is -0.145. The fourth-order valence-electron chi connectivity index (χ4n) is 3.92. The lowest BCUT2D eigenvalue weighted by Crippen LogP contribution is -2.42. The molecule has 1 fully saturated rings. The molecule has 2 aliphatic heterocycles. The minimum absolute atomic E-state index is 0.311. The van der Waals surface area contributed by atoms with Crippen LogP contribution in [0, 0.1) is 0 Å². The summed E-state index contributed by atoms with van der Waals surface area (Å²) in [7, 11) is 1.33. The van der Waals surface area contributed by atoms with Gasteiger partial charge in [0.15, 0.2) is 0 Å². The number of esters is 2. The van der Waals surface area contributed by atoms with Crippen molar-refractivity contribution < 1.29 is 23.8 Å². The van der Waals surface area contributed by atoms with Crippen LogP contribution in [-0.2, 0) is 23.8 Å². The van der Waals surface area contributed by atoms with E-state index in [1.165, 1.54) is 7.11 Å². The third-order valence-electron chi connectivity index (χ3n) is 5.30. The molecule has 2 atom stereocenters. The summed E-state index contributed by atoms with van der Waals surface area (Å²) in [5.41, 5.74) is 2.58. The van der Waals surface area contributed by atoms with Crippen LogP contribution in [0.5, 0.6) is 0 Å². The van der Waals surface area contributed by atoms with Crippen LogP contribution in [0.15, 0.2) is 46.9 Å². The molecule has 8 nitrogen and oxygen atoms in total. The Morgan fingerprint density at radius 2 is 1.87 bits per heavy atom. The zero-order valence-electron chi connectivity index (χ0n) is 17.9. The van der Waals surface area contributed by atoms with Crippen LogP contribution in [0.2, 0.25) is 0 Å². The van der Waals surface area contributed by atoms with Gasteiger partial charge in [-0.15, -0.1) is 0 Å². The van der Waals surface area contributed by atoms with E-state index in [1.54, 1.807) is 32.2 Å². The van der Waals surface area contributed by atoms with Gasteiger partial charge in [-0.05, 0) is 32.9 Å².